The van der Waals surface area contributed by atoms with Crippen molar-refractivity contribution in [3.8, 4) is 0 Å². The molecule has 0 spiro atoms. The van der Waals surface area contributed by atoms with Gasteiger partial charge in [0.05, 0.1) is 6.61 Å². The number of hydrogen-bond acceptors (Lipinski definition) is 3. The maximum absolute atomic E-state index is 11.9. The van der Waals surface area contributed by atoms with E-state index in [2.05, 4.69) is 5.32 Å². The molecule has 1 atom stereocenters. The standard InChI is InChI=1S/C18H28ClNO3/c1-13(2)18(12-21,10-14-8-6-7-9-15(14)19)11-20-16(22)23-17(3,4)5/h6-9,13,21H,10-12H2,1-5H3,(H,20,22). The van der Waals surface area contributed by atoms with Gasteiger partial charge < -0.3 is 15.2 Å². The zero-order chi connectivity index (χ0) is 17.7. The molecule has 1 amide bonds. The van der Waals surface area contributed by atoms with Crippen LogP contribution < -0.4 is 5.32 Å². The Morgan fingerprint density at radius 3 is 2.39 bits per heavy atom. The van der Waals surface area contributed by atoms with Gasteiger partial charge in [0.1, 0.15) is 5.60 Å². The molecule has 0 aliphatic rings. The number of amides is 1. The van der Waals surface area contributed by atoms with E-state index in [1.165, 1.54) is 0 Å². The van der Waals surface area contributed by atoms with Crippen molar-refractivity contribution in [1.82, 2.24) is 5.32 Å². The molecule has 0 heterocycles. The van der Waals surface area contributed by atoms with E-state index in [1.807, 2.05) is 58.9 Å². The van der Waals surface area contributed by atoms with E-state index in [9.17, 15) is 9.90 Å². The van der Waals surface area contributed by atoms with Crippen LogP contribution in [0.3, 0.4) is 0 Å². The number of aliphatic hydroxyl groups excluding tert-OH is 1. The zero-order valence-electron chi connectivity index (χ0n) is 14.6. The Morgan fingerprint density at radius 2 is 1.91 bits per heavy atom. The van der Waals surface area contributed by atoms with Gasteiger partial charge in [0.15, 0.2) is 0 Å². The number of alkyl carbamates (subject to hydrolysis) is 1. The average molecular weight is 342 g/mol. The van der Waals surface area contributed by atoms with Crippen molar-refractivity contribution >= 4 is 17.7 Å². The third-order valence-electron chi connectivity index (χ3n) is 4.02. The highest BCUT2D eigenvalue weighted by atomic mass is 35.5. The maximum atomic E-state index is 11.9. The molecule has 1 unspecified atom stereocenters. The molecule has 130 valence electrons. The van der Waals surface area contributed by atoms with Gasteiger partial charge in [-0.2, -0.15) is 0 Å². The molecule has 1 rings (SSSR count). The lowest BCUT2D eigenvalue weighted by Crippen LogP contribution is -2.46. The Labute approximate surface area is 144 Å². The molecule has 0 saturated carbocycles. The molecule has 1 aromatic rings. The fourth-order valence-corrected chi connectivity index (χ4v) is 2.55. The van der Waals surface area contributed by atoms with E-state index >= 15 is 0 Å². The fraction of sp³-hybridized carbons (Fsp3) is 0.611. The molecule has 0 radical (unpaired) electrons. The van der Waals surface area contributed by atoms with E-state index in [4.69, 9.17) is 16.3 Å². The van der Waals surface area contributed by atoms with E-state index in [0.717, 1.165) is 5.56 Å². The number of rotatable bonds is 6. The molecule has 0 aromatic heterocycles. The lowest BCUT2D eigenvalue weighted by atomic mass is 9.73. The smallest absolute Gasteiger partial charge is 0.407 e. The van der Waals surface area contributed by atoms with Crippen LogP contribution in [0.5, 0.6) is 0 Å². The molecule has 23 heavy (non-hydrogen) atoms. The number of nitrogens with one attached hydrogen (secondary N) is 1. The average Bonchev–Trinajstić information content (AvgIpc) is 2.43. The first kappa shape index (κ1) is 19.8. The number of carbonyl (C=O) groups excluding carboxylic acids is 1. The number of hydrogen-bond donors (Lipinski definition) is 2. The van der Waals surface area contributed by atoms with Gasteiger partial charge in [-0.05, 0) is 44.7 Å². The van der Waals surface area contributed by atoms with Gasteiger partial charge in [-0.15, -0.1) is 0 Å². The summed E-state index contributed by atoms with van der Waals surface area (Å²) in [5.41, 5.74) is -0.0862. The first-order valence-electron chi connectivity index (χ1n) is 7.91. The molecule has 5 heteroatoms. The van der Waals surface area contributed by atoms with Crippen molar-refractivity contribution in [2.45, 2.75) is 46.6 Å². The molecular weight excluding hydrogens is 314 g/mol. The highest BCUT2D eigenvalue weighted by Crippen LogP contribution is 2.33. The summed E-state index contributed by atoms with van der Waals surface area (Å²) in [6.07, 6.45) is 0.103. The highest BCUT2D eigenvalue weighted by Gasteiger charge is 2.35. The molecule has 0 saturated heterocycles. The van der Waals surface area contributed by atoms with Gasteiger partial charge in [-0.1, -0.05) is 43.6 Å². The van der Waals surface area contributed by atoms with Crippen LogP contribution in [0.4, 0.5) is 4.79 Å². The normalized spacial score (nSPS) is 14.4. The maximum Gasteiger partial charge on any atom is 0.407 e. The van der Waals surface area contributed by atoms with Gasteiger partial charge in [-0.3, -0.25) is 0 Å². The molecule has 0 fully saturated rings. The van der Waals surface area contributed by atoms with Crippen molar-refractivity contribution < 1.29 is 14.6 Å². The van der Waals surface area contributed by atoms with Crippen LogP contribution in [0.2, 0.25) is 5.02 Å². The zero-order valence-corrected chi connectivity index (χ0v) is 15.4. The summed E-state index contributed by atoms with van der Waals surface area (Å²) >= 11 is 6.25. The van der Waals surface area contributed by atoms with Gasteiger partial charge in [-0.25, -0.2) is 4.79 Å². The Kier molecular flexibility index (Phi) is 6.90. The number of ether oxygens (including phenoxy) is 1. The van der Waals surface area contributed by atoms with Crippen molar-refractivity contribution in [3.05, 3.63) is 34.9 Å². The van der Waals surface area contributed by atoms with Gasteiger partial charge in [0.25, 0.3) is 0 Å². The topological polar surface area (TPSA) is 58.6 Å². The minimum atomic E-state index is -0.549. The predicted molar refractivity (Wildman–Crippen MR) is 93.7 cm³/mol. The summed E-state index contributed by atoms with van der Waals surface area (Å²) in [6, 6.07) is 7.58. The van der Waals surface area contributed by atoms with Crippen molar-refractivity contribution in [2.75, 3.05) is 13.2 Å². The van der Waals surface area contributed by atoms with E-state index < -0.39 is 17.1 Å². The number of benzene rings is 1. The summed E-state index contributed by atoms with van der Waals surface area (Å²) in [4.78, 5) is 11.9. The Balaban J connectivity index is 2.87. The van der Waals surface area contributed by atoms with Crippen LogP contribution in [0.25, 0.3) is 0 Å². The number of carbonyl (C=O) groups is 1. The second-order valence-corrected chi connectivity index (χ2v) is 7.71. The third kappa shape index (κ3) is 6.04. The van der Waals surface area contributed by atoms with E-state index in [-0.39, 0.29) is 12.5 Å². The molecule has 0 aliphatic carbocycles. The van der Waals surface area contributed by atoms with Gasteiger partial charge in [0, 0.05) is 17.0 Å². The summed E-state index contributed by atoms with van der Waals surface area (Å²) in [5.74, 6) is 0.152. The first-order valence-corrected chi connectivity index (χ1v) is 8.28. The lowest BCUT2D eigenvalue weighted by molar-refractivity contribution is 0.0394. The van der Waals surface area contributed by atoms with Gasteiger partial charge >= 0.3 is 6.09 Å². The second-order valence-electron chi connectivity index (χ2n) is 7.30. The monoisotopic (exact) mass is 341 g/mol. The Bertz CT molecular complexity index is 525. The van der Waals surface area contributed by atoms with Crippen LogP contribution in [0.15, 0.2) is 24.3 Å². The quantitative estimate of drug-likeness (QED) is 0.820. The summed E-state index contributed by atoms with van der Waals surface area (Å²) < 4.78 is 5.27. The molecular formula is C18H28ClNO3. The van der Waals surface area contributed by atoms with E-state index in [1.54, 1.807) is 0 Å². The molecule has 0 bridgehead atoms. The van der Waals surface area contributed by atoms with Crippen LogP contribution >= 0.6 is 11.6 Å². The third-order valence-corrected chi connectivity index (χ3v) is 4.39. The van der Waals surface area contributed by atoms with Crippen molar-refractivity contribution in [2.24, 2.45) is 11.3 Å². The SMILES string of the molecule is CC(C)C(CO)(CNC(=O)OC(C)(C)C)Cc1ccccc1Cl. The largest absolute Gasteiger partial charge is 0.444 e. The number of aliphatic hydroxyl groups is 1. The summed E-state index contributed by atoms with van der Waals surface area (Å²) in [7, 11) is 0. The fourth-order valence-electron chi connectivity index (χ4n) is 2.35. The summed E-state index contributed by atoms with van der Waals surface area (Å²) in [6.45, 7) is 9.79. The lowest BCUT2D eigenvalue weighted by Gasteiger charge is -2.36. The predicted octanol–water partition coefficient (Wildman–Crippen LogP) is 4.04. The molecule has 0 aliphatic heterocycles. The van der Waals surface area contributed by atoms with Gasteiger partial charge in [0.2, 0.25) is 0 Å². The first-order chi connectivity index (χ1) is 10.6. The molecule has 1 aromatic carbocycles. The highest BCUT2D eigenvalue weighted by molar-refractivity contribution is 6.31. The van der Waals surface area contributed by atoms with Crippen molar-refractivity contribution in [3.63, 3.8) is 0 Å². The molecule has 2 N–H and O–H groups in total. The van der Waals surface area contributed by atoms with Crippen LogP contribution in [-0.4, -0.2) is 30.0 Å². The summed E-state index contributed by atoms with van der Waals surface area (Å²) in [5, 5.41) is 13.5. The van der Waals surface area contributed by atoms with Crippen LogP contribution in [0.1, 0.15) is 40.2 Å². The Morgan fingerprint density at radius 1 is 1.30 bits per heavy atom. The van der Waals surface area contributed by atoms with Crippen LogP contribution in [-0.2, 0) is 11.2 Å². The van der Waals surface area contributed by atoms with Crippen LogP contribution in [0, 0.1) is 11.3 Å². The second kappa shape index (κ2) is 8.02. The minimum Gasteiger partial charge on any atom is -0.444 e. The molecule has 4 nitrogen and oxygen atoms in total. The number of halogens is 1. The Hall–Kier alpha value is -1.26. The minimum absolute atomic E-state index is 0.0499. The van der Waals surface area contributed by atoms with Crippen molar-refractivity contribution in [1.29, 1.82) is 0 Å². The van der Waals surface area contributed by atoms with E-state index in [0.29, 0.717) is 18.0 Å².